The fourth-order valence-corrected chi connectivity index (χ4v) is 5.25. The third kappa shape index (κ3) is 9.80. The number of carbonyl (C=O) groups is 2. The number of unbranched alkanes of at least 4 members (excludes halogenated alkanes) is 6. The van der Waals surface area contributed by atoms with Crippen LogP contribution in [-0.2, 0) is 27.3 Å². The monoisotopic (exact) mass is 581 g/mol. The molecule has 2 aromatic rings. The fraction of sp³-hybridized carbons (Fsp3) is 0.576. The molecule has 4 rings (SSSR count). The van der Waals surface area contributed by atoms with Gasteiger partial charge in [-0.3, -0.25) is 4.79 Å². The van der Waals surface area contributed by atoms with Gasteiger partial charge in [0.1, 0.15) is 5.75 Å². The van der Waals surface area contributed by atoms with Crippen LogP contribution < -0.4 is 20.3 Å². The Morgan fingerprint density at radius 3 is 2.52 bits per heavy atom. The van der Waals surface area contributed by atoms with Crippen LogP contribution in [0.3, 0.4) is 0 Å². The number of aliphatic hydroxyl groups excluding tert-OH is 1. The molecule has 0 saturated carbocycles. The average Bonchev–Trinajstić information content (AvgIpc) is 3.31. The predicted octanol–water partition coefficient (Wildman–Crippen LogP) is 5.39. The summed E-state index contributed by atoms with van der Waals surface area (Å²) in [5, 5.41) is 16.5. The van der Waals surface area contributed by atoms with E-state index in [1.165, 1.54) is 4.90 Å². The molecule has 1 atom stereocenters. The average molecular weight is 582 g/mol. The lowest BCUT2D eigenvalue weighted by Gasteiger charge is -2.33. The standard InChI is InChI=1S/C33H47N3O6/c1-33(2)41-24-27-21-26(15-16-30(27)42-33)29(37)22-34-17-8-4-6-10-19-40-18-9-5-3-7-12-25-13-11-14-28(20-25)36-31(38)23-35-32(36)39/h11,13-16,20-21,29,34,37H,3-10,12,17-19,22-24H2,1-2H3,(H,35,39)/t29-/m0/s1. The van der Waals surface area contributed by atoms with Gasteiger partial charge < -0.3 is 30.0 Å². The second-order valence-corrected chi connectivity index (χ2v) is 11.6. The van der Waals surface area contributed by atoms with Gasteiger partial charge in [-0.1, -0.05) is 43.9 Å². The zero-order valence-corrected chi connectivity index (χ0v) is 25.2. The van der Waals surface area contributed by atoms with E-state index in [-0.39, 0.29) is 18.5 Å². The zero-order valence-electron chi connectivity index (χ0n) is 25.2. The number of hydrogen-bond donors (Lipinski definition) is 3. The summed E-state index contributed by atoms with van der Waals surface area (Å²) in [6, 6.07) is 13.2. The van der Waals surface area contributed by atoms with Crippen molar-refractivity contribution in [2.24, 2.45) is 0 Å². The normalized spacial score (nSPS) is 16.7. The van der Waals surface area contributed by atoms with Crippen LogP contribution in [-0.4, -0.2) is 55.7 Å². The lowest BCUT2D eigenvalue weighted by Crippen LogP contribution is -2.35. The number of ether oxygens (including phenoxy) is 3. The molecule has 1 fully saturated rings. The topological polar surface area (TPSA) is 109 Å². The van der Waals surface area contributed by atoms with E-state index in [0.717, 1.165) is 100.0 Å². The highest BCUT2D eigenvalue weighted by Crippen LogP contribution is 2.32. The van der Waals surface area contributed by atoms with E-state index in [2.05, 4.69) is 10.6 Å². The van der Waals surface area contributed by atoms with Crippen molar-refractivity contribution in [1.82, 2.24) is 10.6 Å². The molecule has 3 N–H and O–H groups in total. The van der Waals surface area contributed by atoms with E-state index < -0.39 is 11.9 Å². The first-order valence-corrected chi connectivity index (χ1v) is 15.4. The number of anilines is 1. The number of nitrogens with one attached hydrogen (secondary N) is 2. The molecule has 0 bridgehead atoms. The van der Waals surface area contributed by atoms with E-state index in [1.807, 2.05) is 50.2 Å². The smallest absolute Gasteiger partial charge is 0.329 e. The summed E-state index contributed by atoms with van der Waals surface area (Å²) in [6.07, 6.45) is 9.24. The molecule has 0 unspecified atom stereocenters. The summed E-state index contributed by atoms with van der Waals surface area (Å²) in [6.45, 7) is 7.39. The summed E-state index contributed by atoms with van der Waals surface area (Å²) in [5.74, 6) is 0.00343. The van der Waals surface area contributed by atoms with Crippen LogP contribution >= 0.6 is 0 Å². The number of hydrogen-bond acceptors (Lipinski definition) is 7. The lowest BCUT2D eigenvalue weighted by atomic mass is 10.0. The quantitative estimate of drug-likeness (QED) is 0.160. The first-order chi connectivity index (χ1) is 20.3. The Hall–Kier alpha value is -2.98. The highest BCUT2D eigenvalue weighted by molar-refractivity contribution is 6.19. The molecule has 2 aliphatic rings. The van der Waals surface area contributed by atoms with E-state index >= 15 is 0 Å². The number of carbonyl (C=O) groups excluding carboxylic acids is 2. The van der Waals surface area contributed by atoms with Gasteiger partial charge in [0, 0.05) is 39.2 Å². The molecule has 3 amide bonds. The lowest BCUT2D eigenvalue weighted by molar-refractivity contribution is -0.180. The zero-order chi connectivity index (χ0) is 29.8. The molecule has 2 aliphatic heterocycles. The van der Waals surface area contributed by atoms with Gasteiger partial charge in [-0.05, 0) is 74.0 Å². The van der Waals surface area contributed by atoms with Crippen LogP contribution in [0.2, 0.25) is 0 Å². The molecule has 230 valence electrons. The number of amides is 3. The Kier molecular flexibility index (Phi) is 12.2. The van der Waals surface area contributed by atoms with Gasteiger partial charge in [0.15, 0.2) is 0 Å². The van der Waals surface area contributed by atoms with Gasteiger partial charge in [0.2, 0.25) is 5.79 Å². The molecular weight excluding hydrogens is 534 g/mol. The minimum Gasteiger partial charge on any atom is -0.463 e. The Morgan fingerprint density at radius 2 is 1.76 bits per heavy atom. The number of imide groups is 1. The molecule has 0 radical (unpaired) electrons. The van der Waals surface area contributed by atoms with Crippen molar-refractivity contribution in [3.8, 4) is 5.75 Å². The minimum atomic E-state index is -0.612. The maximum Gasteiger partial charge on any atom is 0.329 e. The van der Waals surface area contributed by atoms with E-state index in [4.69, 9.17) is 14.2 Å². The van der Waals surface area contributed by atoms with Gasteiger partial charge in [-0.2, -0.15) is 0 Å². The van der Waals surface area contributed by atoms with Crippen LogP contribution in [0.4, 0.5) is 10.5 Å². The summed E-state index contributed by atoms with van der Waals surface area (Å²) in [7, 11) is 0. The number of nitrogens with zero attached hydrogens (tertiary/aromatic N) is 1. The molecule has 1 saturated heterocycles. The van der Waals surface area contributed by atoms with Crippen molar-refractivity contribution in [2.75, 3.05) is 37.7 Å². The second kappa shape index (κ2) is 16.0. The van der Waals surface area contributed by atoms with Crippen LogP contribution in [0, 0.1) is 0 Å². The Bertz CT molecular complexity index is 1150. The summed E-state index contributed by atoms with van der Waals surface area (Å²) < 4.78 is 17.3. The maximum atomic E-state index is 11.9. The maximum absolute atomic E-state index is 11.9. The third-order valence-electron chi connectivity index (χ3n) is 7.65. The van der Waals surface area contributed by atoms with Crippen molar-refractivity contribution in [2.45, 2.75) is 90.1 Å². The van der Waals surface area contributed by atoms with Crippen molar-refractivity contribution in [3.05, 3.63) is 59.2 Å². The number of urea groups is 1. The first kappa shape index (κ1) is 31.9. The number of aliphatic hydroxyl groups is 1. The summed E-state index contributed by atoms with van der Waals surface area (Å²) in [4.78, 5) is 25.0. The Morgan fingerprint density at radius 1 is 1.00 bits per heavy atom. The van der Waals surface area contributed by atoms with E-state index in [0.29, 0.717) is 18.8 Å². The van der Waals surface area contributed by atoms with E-state index in [1.54, 1.807) is 6.07 Å². The largest absolute Gasteiger partial charge is 0.463 e. The van der Waals surface area contributed by atoms with Crippen molar-refractivity contribution < 1.29 is 28.9 Å². The van der Waals surface area contributed by atoms with Crippen LogP contribution in [0.15, 0.2) is 42.5 Å². The molecule has 2 aromatic carbocycles. The second-order valence-electron chi connectivity index (χ2n) is 11.6. The molecule has 2 heterocycles. The van der Waals surface area contributed by atoms with Gasteiger partial charge >= 0.3 is 6.03 Å². The number of benzene rings is 2. The molecule has 9 heteroatoms. The molecular formula is C33H47N3O6. The van der Waals surface area contributed by atoms with Crippen molar-refractivity contribution in [1.29, 1.82) is 0 Å². The molecule has 0 aliphatic carbocycles. The number of fused-ring (bicyclic) bond motifs is 1. The first-order valence-electron chi connectivity index (χ1n) is 15.4. The summed E-state index contributed by atoms with van der Waals surface area (Å²) >= 11 is 0. The highest BCUT2D eigenvalue weighted by Gasteiger charge is 2.30. The predicted molar refractivity (Wildman–Crippen MR) is 163 cm³/mol. The van der Waals surface area contributed by atoms with E-state index in [9.17, 15) is 14.7 Å². The SMILES string of the molecule is CC1(C)OCc2cc([C@@H](O)CNCCCCCCOCCCCCCc3cccc(N4C(=O)CNC4=O)c3)ccc2O1. The Labute approximate surface area is 249 Å². The van der Waals surface area contributed by atoms with Crippen molar-refractivity contribution in [3.63, 3.8) is 0 Å². The Balaban J connectivity index is 0.945. The molecule has 0 spiro atoms. The summed E-state index contributed by atoms with van der Waals surface area (Å²) in [5.41, 5.74) is 3.64. The van der Waals surface area contributed by atoms with Crippen LogP contribution in [0.1, 0.15) is 88.0 Å². The van der Waals surface area contributed by atoms with Gasteiger partial charge in [0.25, 0.3) is 5.91 Å². The third-order valence-corrected chi connectivity index (χ3v) is 7.65. The number of aryl methyl sites for hydroxylation is 1. The van der Waals surface area contributed by atoms with Gasteiger partial charge in [-0.25, -0.2) is 9.69 Å². The minimum absolute atomic E-state index is 0.0680. The van der Waals surface area contributed by atoms with Gasteiger partial charge in [-0.15, -0.1) is 0 Å². The molecule has 42 heavy (non-hydrogen) atoms. The van der Waals surface area contributed by atoms with Crippen molar-refractivity contribution >= 4 is 17.6 Å². The van der Waals surface area contributed by atoms with Crippen LogP contribution in [0.5, 0.6) is 5.75 Å². The number of rotatable bonds is 18. The van der Waals surface area contributed by atoms with Crippen LogP contribution in [0.25, 0.3) is 0 Å². The highest BCUT2D eigenvalue weighted by atomic mass is 16.7. The fourth-order valence-electron chi connectivity index (χ4n) is 5.25. The molecule has 0 aromatic heterocycles. The molecule has 9 nitrogen and oxygen atoms in total. The van der Waals surface area contributed by atoms with Gasteiger partial charge in [0.05, 0.1) is 24.9 Å².